The molecule has 1 unspecified atom stereocenters. The Morgan fingerprint density at radius 3 is 2.67 bits per heavy atom. The largest absolute Gasteiger partial charge is 0.485 e. The highest BCUT2D eigenvalue weighted by molar-refractivity contribution is 5.81. The van der Waals surface area contributed by atoms with Crippen LogP contribution in [0.4, 0.5) is 0 Å². The van der Waals surface area contributed by atoms with Crippen molar-refractivity contribution in [3.8, 4) is 11.5 Å². The molecule has 0 aromatic heterocycles. The number of fused-ring (bicyclic) bond motifs is 1. The number of amides is 1. The molecule has 4 heteroatoms. The first-order valence-corrected chi connectivity index (χ1v) is 6.95. The first kappa shape index (κ1) is 13.5. The fourth-order valence-electron chi connectivity index (χ4n) is 2.25. The molecule has 0 radical (unpaired) electrons. The molecule has 1 atom stereocenters. The molecular weight excluding hydrogens is 266 g/mol. The summed E-state index contributed by atoms with van der Waals surface area (Å²) in [6, 6.07) is 15.3. The molecule has 0 saturated carbocycles. The normalized spacial score (nSPS) is 16.3. The molecule has 1 amide bonds. The number of para-hydroxylation sites is 2. The predicted molar refractivity (Wildman–Crippen MR) is 79.4 cm³/mol. The smallest absolute Gasteiger partial charge is 0.264 e. The van der Waals surface area contributed by atoms with Gasteiger partial charge in [0.25, 0.3) is 5.91 Å². The van der Waals surface area contributed by atoms with E-state index in [9.17, 15) is 4.79 Å². The van der Waals surface area contributed by atoms with E-state index in [2.05, 4.69) is 5.32 Å². The van der Waals surface area contributed by atoms with Gasteiger partial charge >= 0.3 is 0 Å². The van der Waals surface area contributed by atoms with Crippen LogP contribution in [0.2, 0.25) is 0 Å². The molecule has 2 aromatic carbocycles. The molecule has 3 rings (SSSR count). The maximum absolute atomic E-state index is 12.2. The number of hydrogen-bond acceptors (Lipinski definition) is 3. The number of benzene rings is 2. The summed E-state index contributed by atoms with van der Waals surface area (Å²) in [5.41, 5.74) is 2.26. The van der Waals surface area contributed by atoms with Crippen LogP contribution in [0.1, 0.15) is 11.1 Å². The molecule has 0 fully saturated rings. The molecule has 0 bridgehead atoms. The summed E-state index contributed by atoms with van der Waals surface area (Å²) in [5, 5.41) is 2.90. The molecule has 1 heterocycles. The van der Waals surface area contributed by atoms with Gasteiger partial charge in [-0.1, -0.05) is 36.4 Å². The van der Waals surface area contributed by atoms with Gasteiger partial charge in [0.15, 0.2) is 11.5 Å². The van der Waals surface area contributed by atoms with Crippen LogP contribution in [0.3, 0.4) is 0 Å². The number of carbonyl (C=O) groups is 1. The van der Waals surface area contributed by atoms with Gasteiger partial charge in [0.05, 0.1) is 0 Å². The Balaban J connectivity index is 1.61. The average molecular weight is 283 g/mol. The molecular formula is C17H17NO3. The summed E-state index contributed by atoms with van der Waals surface area (Å²) in [7, 11) is 0. The number of hydrogen-bond donors (Lipinski definition) is 1. The minimum Gasteiger partial charge on any atom is -0.485 e. The second-order valence-corrected chi connectivity index (χ2v) is 5.01. The molecule has 1 aliphatic heterocycles. The highest BCUT2D eigenvalue weighted by Crippen LogP contribution is 2.30. The van der Waals surface area contributed by atoms with Gasteiger partial charge in [-0.3, -0.25) is 4.79 Å². The van der Waals surface area contributed by atoms with Gasteiger partial charge in [0.2, 0.25) is 6.10 Å². The van der Waals surface area contributed by atoms with Crippen LogP contribution in [-0.4, -0.2) is 18.6 Å². The topological polar surface area (TPSA) is 47.6 Å². The zero-order chi connectivity index (χ0) is 14.7. The highest BCUT2D eigenvalue weighted by Gasteiger charge is 2.26. The van der Waals surface area contributed by atoms with Gasteiger partial charge in [-0.05, 0) is 30.2 Å². The Labute approximate surface area is 123 Å². The van der Waals surface area contributed by atoms with Crippen molar-refractivity contribution in [1.82, 2.24) is 5.32 Å². The first-order chi connectivity index (χ1) is 10.2. The van der Waals surface area contributed by atoms with Crippen molar-refractivity contribution in [1.29, 1.82) is 0 Å². The fraction of sp³-hybridized carbons (Fsp3) is 0.235. The zero-order valence-electron chi connectivity index (χ0n) is 11.8. The van der Waals surface area contributed by atoms with E-state index in [0.29, 0.717) is 18.0 Å². The van der Waals surface area contributed by atoms with Crippen molar-refractivity contribution in [3.63, 3.8) is 0 Å². The maximum atomic E-state index is 12.2. The molecule has 21 heavy (non-hydrogen) atoms. The van der Waals surface area contributed by atoms with Crippen molar-refractivity contribution in [2.45, 2.75) is 19.6 Å². The number of nitrogens with one attached hydrogen (secondary N) is 1. The fourth-order valence-corrected chi connectivity index (χ4v) is 2.25. The van der Waals surface area contributed by atoms with E-state index >= 15 is 0 Å². The summed E-state index contributed by atoms with van der Waals surface area (Å²) in [6.07, 6.45) is -0.607. The molecule has 0 spiro atoms. The number of carbonyl (C=O) groups excluding carboxylic acids is 1. The third-order valence-electron chi connectivity index (χ3n) is 3.52. The van der Waals surface area contributed by atoms with E-state index in [1.54, 1.807) is 6.07 Å². The van der Waals surface area contributed by atoms with E-state index in [0.717, 1.165) is 11.1 Å². The van der Waals surface area contributed by atoms with Crippen molar-refractivity contribution in [2.75, 3.05) is 6.61 Å². The summed E-state index contributed by atoms with van der Waals surface area (Å²) in [6.45, 7) is 2.75. The Bertz CT molecular complexity index is 654. The average Bonchev–Trinajstić information content (AvgIpc) is 2.53. The van der Waals surface area contributed by atoms with Gasteiger partial charge in [-0.15, -0.1) is 0 Å². The molecule has 1 aliphatic rings. The minimum absolute atomic E-state index is 0.159. The van der Waals surface area contributed by atoms with Crippen LogP contribution < -0.4 is 14.8 Å². The van der Waals surface area contributed by atoms with E-state index in [1.165, 1.54) is 0 Å². The van der Waals surface area contributed by atoms with Gasteiger partial charge < -0.3 is 14.8 Å². The monoisotopic (exact) mass is 283 g/mol. The molecule has 0 saturated heterocycles. The van der Waals surface area contributed by atoms with Crippen LogP contribution in [0.5, 0.6) is 11.5 Å². The van der Waals surface area contributed by atoms with Crippen molar-refractivity contribution in [3.05, 3.63) is 59.7 Å². The highest BCUT2D eigenvalue weighted by atomic mass is 16.6. The second kappa shape index (κ2) is 5.87. The molecule has 4 nitrogen and oxygen atoms in total. The summed E-state index contributed by atoms with van der Waals surface area (Å²) < 4.78 is 11.2. The van der Waals surface area contributed by atoms with Crippen molar-refractivity contribution >= 4 is 5.91 Å². The van der Waals surface area contributed by atoms with E-state index in [1.807, 2.05) is 49.4 Å². The molecule has 2 aromatic rings. The van der Waals surface area contributed by atoms with Crippen LogP contribution >= 0.6 is 0 Å². The van der Waals surface area contributed by atoms with Gasteiger partial charge in [0.1, 0.15) is 6.61 Å². The Kier molecular flexibility index (Phi) is 3.77. The summed E-state index contributed by atoms with van der Waals surface area (Å²) in [4.78, 5) is 12.2. The van der Waals surface area contributed by atoms with Crippen LogP contribution in [0, 0.1) is 6.92 Å². The maximum Gasteiger partial charge on any atom is 0.264 e. The number of rotatable bonds is 3. The number of ether oxygens (including phenoxy) is 2. The summed E-state index contributed by atoms with van der Waals surface area (Å²) >= 11 is 0. The van der Waals surface area contributed by atoms with Crippen LogP contribution in [0.25, 0.3) is 0 Å². The zero-order valence-corrected chi connectivity index (χ0v) is 11.8. The SMILES string of the molecule is Cc1ccccc1CNC(=O)C1COc2ccccc2O1. The third kappa shape index (κ3) is 2.99. The van der Waals surface area contributed by atoms with E-state index in [4.69, 9.17) is 9.47 Å². The quantitative estimate of drug-likeness (QED) is 0.941. The number of aryl methyl sites for hydroxylation is 1. The lowest BCUT2D eigenvalue weighted by Gasteiger charge is -2.25. The van der Waals surface area contributed by atoms with Gasteiger partial charge in [-0.25, -0.2) is 0 Å². The lowest BCUT2D eigenvalue weighted by Crippen LogP contribution is -2.43. The van der Waals surface area contributed by atoms with E-state index in [-0.39, 0.29) is 12.5 Å². The van der Waals surface area contributed by atoms with Crippen LogP contribution in [0.15, 0.2) is 48.5 Å². The second-order valence-electron chi connectivity index (χ2n) is 5.01. The Hall–Kier alpha value is -2.49. The standard InChI is InChI=1S/C17H17NO3/c1-12-6-2-3-7-13(12)10-18-17(19)16-11-20-14-8-4-5-9-15(14)21-16/h2-9,16H,10-11H2,1H3,(H,18,19). The van der Waals surface area contributed by atoms with Crippen molar-refractivity contribution < 1.29 is 14.3 Å². The van der Waals surface area contributed by atoms with Crippen molar-refractivity contribution in [2.24, 2.45) is 0 Å². The molecule has 1 N–H and O–H groups in total. The summed E-state index contributed by atoms with van der Waals surface area (Å²) in [5.74, 6) is 1.13. The minimum atomic E-state index is -0.607. The molecule has 0 aliphatic carbocycles. The third-order valence-corrected chi connectivity index (χ3v) is 3.52. The lowest BCUT2D eigenvalue weighted by molar-refractivity contribution is -0.130. The molecule has 108 valence electrons. The Morgan fingerprint density at radius 2 is 1.86 bits per heavy atom. The lowest BCUT2D eigenvalue weighted by atomic mass is 10.1. The van der Waals surface area contributed by atoms with E-state index < -0.39 is 6.10 Å². The van der Waals surface area contributed by atoms with Crippen LogP contribution in [-0.2, 0) is 11.3 Å². The van der Waals surface area contributed by atoms with Gasteiger partial charge in [0, 0.05) is 6.54 Å². The van der Waals surface area contributed by atoms with Gasteiger partial charge in [-0.2, -0.15) is 0 Å². The Morgan fingerprint density at radius 1 is 1.14 bits per heavy atom. The predicted octanol–water partition coefficient (Wildman–Crippen LogP) is 2.45. The first-order valence-electron chi connectivity index (χ1n) is 6.95.